The maximum atomic E-state index is 11.9. The highest BCUT2D eigenvalue weighted by atomic mass is 16.2. The summed E-state index contributed by atoms with van der Waals surface area (Å²) in [6, 6.07) is 7.66. The summed E-state index contributed by atoms with van der Waals surface area (Å²) in [7, 11) is 0. The number of imidazole rings is 1. The first kappa shape index (κ1) is 13.2. The molecule has 0 radical (unpaired) electrons. The highest BCUT2D eigenvalue weighted by Crippen LogP contribution is 2.04. The van der Waals surface area contributed by atoms with Crippen molar-refractivity contribution < 1.29 is 5.11 Å². The predicted octanol–water partition coefficient (Wildman–Crippen LogP) is 1.06. The van der Waals surface area contributed by atoms with Crippen molar-refractivity contribution in [2.24, 2.45) is 0 Å². The predicted molar refractivity (Wildman–Crippen MR) is 73.9 cm³/mol. The maximum absolute atomic E-state index is 11.9. The second-order valence-electron chi connectivity index (χ2n) is 4.15. The third-order valence-corrected chi connectivity index (χ3v) is 2.88. The Balaban J connectivity index is 2.15. The number of benzene rings is 1. The number of nitrogens with zero attached hydrogens (tertiary/aromatic N) is 2. The molecule has 0 saturated carbocycles. The fraction of sp³-hybridized carbons (Fsp3) is 0.267. The van der Waals surface area contributed by atoms with Crippen LogP contribution in [0.15, 0.2) is 41.5 Å². The zero-order chi connectivity index (χ0) is 13.7. The van der Waals surface area contributed by atoms with Crippen molar-refractivity contribution in [3.63, 3.8) is 0 Å². The van der Waals surface area contributed by atoms with Crippen molar-refractivity contribution in [3.8, 4) is 11.8 Å². The fourth-order valence-electron chi connectivity index (χ4n) is 1.85. The van der Waals surface area contributed by atoms with Crippen molar-refractivity contribution in [2.45, 2.75) is 20.0 Å². The molecule has 1 heterocycles. The Morgan fingerprint density at radius 3 is 2.42 bits per heavy atom. The van der Waals surface area contributed by atoms with Gasteiger partial charge in [0.25, 0.3) is 0 Å². The second kappa shape index (κ2) is 6.07. The Hall–Kier alpha value is -2.25. The molecule has 2 rings (SSSR count). The minimum Gasteiger partial charge on any atom is -0.384 e. The van der Waals surface area contributed by atoms with Gasteiger partial charge in [-0.25, -0.2) is 4.79 Å². The Morgan fingerprint density at radius 2 is 1.84 bits per heavy atom. The van der Waals surface area contributed by atoms with Gasteiger partial charge in [-0.1, -0.05) is 24.0 Å². The van der Waals surface area contributed by atoms with Gasteiger partial charge in [0.05, 0.1) is 6.54 Å². The molecule has 0 aliphatic carbocycles. The number of rotatable bonds is 3. The van der Waals surface area contributed by atoms with E-state index in [4.69, 9.17) is 5.11 Å². The SMILES string of the molecule is CCn1ccn(Cc2ccc(C#CCO)cc2)c1=O. The van der Waals surface area contributed by atoms with Gasteiger partial charge in [0.15, 0.2) is 0 Å². The van der Waals surface area contributed by atoms with E-state index < -0.39 is 0 Å². The Bertz CT molecular complexity index is 654. The molecular formula is C15H16N2O2. The highest BCUT2D eigenvalue weighted by Gasteiger charge is 2.02. The van der Waals surface area contributed by atoms with E-state index in [0.717, 1.165) is 11.1 Å². The average molecular weight is 256 g/mol. The van der Waals surface area contributed by atoms with E-state index in [1.54, 1.807) is 21.5 Å². The molecule has 2 aromatic rings. The smallest absolute Gasteiger partial charge is 0.328 e. The molecule has 0 unspecified atom stereocenters. The molecule has 0 fully saturated rings. The molecule has 98 valence electrons. The van der Waals surface area contributed by atoms with E-state index >= 15 is 0 Å². The number of hydrogen-bond donors (Lipinski definition) is 1. The van der Waals surface area contributed by atoms with E-state index in [1.807, 2.05) is 31.2 Å². The lowest BCUT2D eigenvalue weighted by Gasteiger charge is -2.02. The molecule has 0 spiro atoms. The molecule has 19 heavy (non-hydrogen) atoms. The number of aromatic nitrogens is 2. The van der Waals surface area contributed by atoms with Gasteiger partial charge in [0, 0.05) is 24.5 Å². The summed E-state index contributed by atoms with van der Waals surface area (Å²) in [4.78, 5) is 11.9. The number of aryl methyl sites for hydroxylation is 1. The molecule has 0 aliphatic heterocycles. The average Bonchev–Trinajstić information content (AvgIpc) is 2.79. The lowest BCUT2D eigenvalue weighted by molar-refractivity contribution is 0.350. The number of aliphatic hydroxyl groups is 1. The van der Waals surface area contributed by atoms with Crippen LogP contribution < -0.4 is 5.69 Å². The van der Waals surface area contributed by atoms with Crippen LogP contribution in [0.25, 0.3) is 0 Å². The van der Waals surface area contributed by atoms with Crippen LogP contribution in [0.3, 0.4) is 0 Å². The van der Waals surface area contributed by atoms with Crippen molar-refractivity contribution >= 4 is 0 Å². The summed E-state index contributed by atoms with van der Waals surface area (Å²) in [5.41, 5.74) is 1.91. The van der Waals surface area contributed by atoms with Crippen molar-refractivity contribution in [1.29, 1.82) is 0 Å². The quantitative estimate of drug-likeness (QED) is 0.835. The topological polar surface area (TPSA) is 47.2 Å². The van der Waals surface area contributed by atoms with Gasteiger partial charge in [-0.2, -0.15) is 0 Å². The summed E-state index contributed by atoms with van der Waals surface area (Å²) in [5.74, 6) is 5.44. The van der Waals surface area contributed by atoms with Crippen molar-refractivity contribution in [2.75, 3.05) is 6.61 Å². The maximum Gasteiger partial charge on any atom is 0.328 e. The summed E-state index contributed by atoms with van der Waals surface area (Å²) >= 11 is 0. The van der Waals surface area contributed by atoms with E-state index in [9.17, 15) is 4.79 Å². The molecule has 0 bridgehead atoms. The largest absolute Gasteiger partial charge is 0.384 e. The first-order chi connectivity index (χ1) is 9.24. The standard InChI is InChI=1S/C15H16N2O2/c1-2-16-9-10-17(15(16)19)12-14-7-5-13(6-8-14)4-3-11-18/h5-10,18H,2,11-12H2,1H3. The molecule has 0 saturated heterocycles. The Kier molecular flexibility index (Phi) is 4.22. The summed E-state index contributed by atoms with van der Waals surface area (Å²) in [5, 5.41) is 8.62. The van der Waals surface area contributed by atoms with Crippen LogP contribution in [-0.2, 0) is 13.1 Å². The van der Waals surface area contributed by atoms with Gasteiger partial charge >= 0.3 is 5.69 Å². The number of hydrogen-bond acceptors (Lipinski definition) is 2. The van der Waals surface area contributed by atoms with Gasteiger partial charge in [-0.3, -0.25) is 9.13 Å². The first-order valence-corrected chi connectivity index (χ1v) is 6.19. The van der Waals surface area contributed by atoms with Crippen molar-refractivity contribution in [3.05, 3.63) is 58.3 Å². The third-order valence-electron chi connectivity index (χ3n) is 2.88. The molecule has 1 aromatic carbocycles. The Morgan fingerprint density at radius 1 is 1.16 bits per heavy atom. The summed E-state index contributed by atoms with van der Waals surface area (Å²) in [6.45, 7) is 3.04. The van der Waals surface area contributed by atoms with Crippen LogP contribution in [0.4, 0.5) is 0 Å². The second-order valence-corrected chi connectivity index (χ2v) is 4.15. The lowest BCUT2D eigenvalue weighted by Crippen LogP contribution is -2.23. The lowest BCUT2D eigenvalue weighted by atomic mass is 10.1. The van der Waals surface area contributed by atoms with Gasteiger partial charge in [0.2, 0.25) is 0 Å². The van der Waals surface area contributed by atoms with E-state index in [0.29, 0.717) is 13.1 Å². The zero-order valence-electron chi connectivity index (χ0n) is 10.8. The molecule has 0 atom stereocenters. The summed E-state index contributed by atoms with van der Waals surface area (Å²) < 4.78 is 3.35. The van der Waals surface area contributed by atoms with Gasteiger partial charge in [-0.05, 0) is 24.6 Å². The third kappa shape index (κ3) is 3.15. The van der Waals surface area contributed by atoms with Crippen molar-refractivity contribution in [1.82, 2.24) is 9.13 Å². The van der Waals surface area contributed by atoms with E-state index in [1.165, 1.54) is 0 Å². The van der Waals surface area contributed by atoms with Gasteiger partial charge in [0.1, 0.15) is 6.61 Å². The minimum atomic E-state index is -0.137. The monoisotopic (exact) mass is 256 g/mol. The molecule has 0 aliphatic rings. The van der Waals surface area contributed by atoms with Gasteiger partial charge in [-0.15, -0.1) is 0 Å². The molecule has 1 N–H and O–H groups in total. The molecule has 1 aromatic heterocycles. The van der Waals surface area contributed by atoms with E-state index in [-0.39, 0.29) is 12.3 Å². The van der Waals surface area contributed by atoms with Crippen LogP contribution in [-0.4, -0.2) is 20.8 Å². The molecule has 0 amide bonds. The van der Waals surface area contributed by atoms with Crippen LogP contribution in [0.1, 0.15) is 18.1 Å². The van der Waals surface area contributed by atoms with Crippen LogP contribution in [0, 0.1) is 11.8 Å². The summed E-state index contributed by atoms with van der Waals surface area (Å²) in [6.07, 6.45) is 3.59. The first-order valence-electron chi connectivity index (χ1n) is 6.19. The zero-order valence-corrected chi connectivity index (χ0v) is 10.8. The molecule has 4 heteroatoms. The van der Waals surface area contributed by atoms with E-state index in [2.05, 4.69) is 11.8 Å². The normalized spacial score (nSPS) is 10.0. The van der Waals surface area contributed by atoms with Crippen LogP contribution >= 0.6 is 0 Å². The number of aliphatic hydroxyl groups excluding tert-OH is 1. The highest BCUT2D eigenvalue weighted by molar-refractivity contribution is 5.36. The fourth-order valence-corrected chi connectivity index (χ4v) is 1.85. The minimum absolute atomic E-state index is 0.00616. The molecule has 4 nitrogen and oxygen atoms in total. The Labute approximate surface area is 111 Å². The molecular weight excluding hydrogens is 240 g/mol. The van der Waals surface area contributed by atoms with Crippen LogP contribution in [0.2, 0.25) is 0 Å². The van der Waals surface area contributed by atoms with Crippen LogP contribution in [0.5, 0.6) is 0 Å². The van der Waals surface area contributed by atoms with Gasteiger partial charge < -0.3 is 5.11 Å².